The summed E-state index contributed by atoms with van der Waals surface area (Å²) >= 11 is 0. The molecule has 0 atom stereocenters. The molecule has 0 unspecified atom stereocenters. The molecule has 6 nitrogen and oxygen atoms in total. The van der Waals surface area contributed by atoms with E-state index in [1.54, 1.807) is 6.20 Å². The first-order valence-electron chi connectivity index (χ1n) is 5.43. The van der Waals surface area contributed by atoms with Gasteiger partial charge in [-0.2, -0.15) is 5.10 Å². The largest absolute Gasteiger partial charge is 0.378 e. The fraction of sp³-hybridized carbons (Fsp3) is 0.182. The molecule has 1 heterocycles. The van der Waals surface area contributed by atoms with Crippen molar-refractivity contribution in [3.63, 3.8) is 0 Å². The maximum Gasteiger partial charge on any atom is 0.238 e. The maximum atomic E-state index is 13.7. The van der Waals surface area contributed by atoms with Crippen molar-refractivity contribution in [2.75, 3.05) is 5.32 Å². The molecule has 4 N–H and O–H groups in total. The minimum absolute atomic E-state index is 0.202. The fourth-order valence-electron chi connectivity index (χ4n) is 1.56. The Balaban J connectivity index is 2.16. The summed E-state index contributed by atoms with van der Waals surface area (Å²) in [6.07, 6.45) is 1.64. The Morgan fingerprint density at radius 1 is 1.47 bits per heavy atom. The van der Waals surface area contributed by atoms with Crippen LogP contribution in [0, 0.1) is 12.7 Å². The Hall–Kier alpha value is -1.93. The van der Waals surface area contributed by atoms with E-state index in [4.69, 9.17) is 5.14 Å². The molecule has 1 aromatic carbocycles. The summed E-state index contributed by atoms with van der Waals surface area (Å²) < 4.78 is 35.8. The molecule has 0 bridgehead atoms. The number of benzene rings is 1. The zero-order chi connectivity index (χ0) is 14.0. The molecule has 2 aromatic rings. The van der Waals surface area contributed by atoms with Crippen LogP contribution in [0.25, 0.3) is 0 Å². The first-order chi connectivity index (χ1) is 8.88. The van der Waals surface area contributed by atoms with Crippen molar-refractivity contribution in [3.05, 3.63) is 41.5 Å². The molecule has 0 radical (unpaired) electrons. The zero-order valence-corrected chi connectivity index (χ0v) is 11.0. The van der Waals surface area contributed by atoms with E-state index >= 15 is 0 Å². The summed E-state index contributed by atoms with van der Waals surface area (Å²) in [5, 5.41) is 14.4. The first kappa shape index (κ1) is 13.5. The molecule has 0 aliphatic heterocycles. The standard InChI is InChI=1S/C11H13FN4O2S/c1-7-8(6-15-16-7)5-14-11-3-2-9(4-10(11)12)19(13,17)18/h2-4,6,14H,5H2,1H3,(H,15,16)(H2,13,17,18). The second-order valence-corrected chi connectivity index (χ2v) is 5.62. The van der Waals surface area contributed by atoms with Gasteiger partial charge in [0.2, 0.25) is 10.0 Å². The third-order valence-corrected chi connectivity index (χ3v) is 3.58. The van der Waals surface area contributed by atoms with E-state index in [1.165, 1.54) is 12.1 Å². The minimum Gasteiger partial charge on any atom is -0.378 e. The third-order valence-electron chi connectivity index (χ3n) is 2.67. The van der Waals surface area contributed by atoms with Gasteiger partial charge in [-0.3, -0.25) is 5.10 Å². The smallest absolute Gasteiger partial charge is 0.238 e. The number of aromatic amines is 1. The second-order valence-electron chi connectivity index (χ2n) is 4.06. The number of nitrogens with zero attached hydrogens (tertiary/aromatic N) is 1. The van der Waals surface area contributed by atoms with Crippen LogP contribution in [0.4, 0.5) is 10.1 Å². The summed E-state index contributed by atoms with van der Waals surface area (Å²) in [7, 11) is -3.89. The van der Waals surface area contributed by atoms with Gasteiger partial charge in [-0.15, -0.1) is 0 Å². The van der Waals surface area contributed by atoms with Crippen LogP contribution in [0.5, 0.6) is 0 Å². The lowest BCUT2D eigenvalue weighted by molar-refractivity contribution is 0.593. The number of nitrogens with one attached hydrogen (secondary N) is 2. The highest BCUT2D eigenvalue weighted by Crippen LogP contribution is 2.19. The monoisotopic (exact) mass is 284 g/mol. The molecule has 19 heavy (non-hydrogen) atoms. The lowest BCUT2D eigenvalue weighted by Crippen LogP contribution is -2.12. The normalized spacial score (nSPS) is 11.5. The summed E-state index contributed by atoms with van der Waals surface area (Å²) in [5.74, 6) is -0.673. The summed E-state index contributed by atoms with van der Waals surface area (Å²) in [6.45, 7) is 2.23. The zero-order valence-electron chi connectivity index (χ0n) is 10.1. The summed E-state index contributed by atoms with van der Waals surface area (Å²) in [4.78, 5) is -0.255. The Bertz CT molecular complexity index is 696. The van der Waals surface area contributed by atoms with Crippen molar-refractivity contribution < 1.29 is 12.8 Å². The number of rotatable bonds is 4. The lowest BCUT2D eigenvalue weighted by atomic mass is 10.2. The first-order valence-corrected chi connectivity index (χ1v) is 6.97. The average molecular weight is 284 g/mol. The van der Waals surface area contributed by atoms with Crippen LogP contribution in [-0.2, 0) is 16.6 Å². The second kappa shape index (κ2) is 4.98. The van der Waals surface area contributed by atoms with Crippen LogP contribution in [0.2, 0.25) is 0 Å². The van der Waals surface area contributed by atoms with Gasteiger partial charge in [-0.25, -0.2) is 17.9 Å². The fourth-order valence-corrected chi connectivity index (χ4v) is 2.09. The quantitative estimate of drug-likeness (QED) is 0.783. The number of sulfonamides is 1. The Morgan fingerprint density at radius 2 is 2.21 bits per heavy atom. The molecular formula is C11H13FN4O2S. The number of H-pyrrole nitrogens is 1. The molecule has 102 valence electrons. The molecule has 8 heteroatoms. The molecule has 1 aromatic heterocycles. The molecule has 0 fully saturated rings. The number of hydrogen-bond acceptors (Lipinski definition) is 4. The van der Waals surface area contributed by atoms with E-state index in [-0.39, 0.29) is 10.6 Å². The van der Waals surface area contributed by atoms with Crippen molar-refractivity contribution in [3.8, 4) is 0 Å². The van der Waals surface area contributed by atoms with Gasteiger partial charge < -0.3 is 5.32 Å². The highest BCUT2D eigenvalue weighted by molar-refractivity contribution is 7.89. The molecular weight excluding hydrogens is 271 g/mol. The van der Waals surface area contributed by atoms with Crippen molar-refractivity contribution in [2.45, 2.75) is 18.4 Å². The van der Waals surface area contributed by atoms with Crippen LogP contribution in [0.15, 0.2) is 29.3 Å². The van der Waals surface area contributed by atoms with Gasteiger partial charge in [-0.1, -0.05) is 0 Å². The van der Waals surface area contributed by atoms with Gasteiger partial charge in [-0.05, 0) is 25.1 Å². The number of anilines is 1. The van der Waals surface area contributed by atoms with Gasteiger partial charge in [0.25, 0.3) is 0 Å². The van der Waals surface area contributed by atoms with Crippen molar-refractivity contribution >= 4 is 15.7 Å². The van der Waals surface area contributed by atoms with Crippen LogP contribution < -0.4 is 10.5 Å². The topological polar surface area (TPSA) is 101 Å². The summed E-state index contributed by atoms with van der Waals surface area (Å²) in [6, 6.07) is 3.48. The van der Waals surface area contributed by atoms with Crippen LogP contribution in [0.1, 0.15) is 11.3 Å². The molecule has 0 saturated carbocycles. The third kappa shape index (κ3) is 3.09. The van der Waals surface area contributed by atoms with E-state index in [0.717, 1.165) is 17.3 Å². The van der Waals surface area contributed by atoms with E-state index in [9.17, 15) is 12.8 Å². The predicted octanol–water partition coefficient (Wildman–Crippen LogP) is 1.12. The maximum absolute atomic E-state index is 13.7. The molecule has 2 rings (SSSR count). The van der Waals surface area contributed by atoms with Crippen molar-refractivity contribution in [1.82, 2.24) is 10.2 Å². The highest BCUT2D eigenvalue weighted by Gasteiger charge is 2.11. The van der Waals surface area contributed by atoms with E-state index < -0.39 is 15.8 Å². The van der Waals surface area contributed by atoms with E-state index in [2.05, 4.69) is 15.5 Å². The molecule has 0 spiro atoms. The molecule has 0 amide bonds. The van der Waals surface area contributed by atoms with Gasteiger partial charge in [0.1, 0.15) is 5.82 Å². The SMILES string of the molecule is Cc1[nH]ncc1CNc1ccc(S(N)(=O)=O)cc1F. The summed E-state index contributed by atoms with van der Waals surface area (Å²) in [5.41, 5.74) is 1.98. The van der Waals surface area contributed by atoms with Crippen LogP contribution in [0.3, 0.4) is 0 Å². The van der Waals surface area contributed by atoms with Gasteiger partial charge in [0.05, 0.1) is 16.8 Å². The minimum atomic E-state index is -3.89. The van der Waals surface area contributed by atoms with Crippen molar-refractivity contribution in [1.29, 1.82) is 0 Å². The van der Waals surface area contributed by atoms with E-state index in [0.29, 0.717) is 6.54 Å². The molecule has 0 saturated heterocycles. The molecule has 0 aliphatic carbocycles. The van der Waals surface area contributed by atoms with Crippen molar-refractivity contribution in [2.24, 2.45) is 5.14 Å². The molecule has 0 aliphatic rings. The number of hydrogen-bond donors (Lipinski definition) is 3. The predicted molar refractivity (Wildman–Crippen MR) is 68.4 cm³/mol. The number of aryl methyl sites for hydroxylation is 1. The number of halogens is 1. The Morgan fingerprint density at radius 3 is 2.74 bits per heavy atom. The highest BCUT2D eigenvalue weighted by atomic mass is 32.2. The number of aromatic nitrogens is 2. The van der Waals surface area contributed by atoms with Gasteiger partial charge in [0.15, 0.2) is 0 Å². The Labute approximate surface area is 109 Å². The number of primary sulfonamides is 1. The Kier molecular flexibility index (Phi) is 3.54. The lowest BCUT2D eigenvalue weighted by Gasteiger charge is -2.08. The van der Waals surface area contributed by atoms with Gasteiger partial charge in [0, 0.05) is 17.8 Å². The van der Waals surface area contributed by atoms with Gasteiger partial charge >= 0.3 is 0 Å². The van der Waals surface area contributed by atoms with Crippen LogP contribution >= 0.6 is 0 Å². The number of nitrogens with two attached hydrogens (primary N) is 1. The average Bonchev–Trinajstić information content (AvgIpc) is 2.72. The van der Waals surface area contributed by atoms with Crippen LogP contribution in [-0.4, -0.2) is 18.6 Å². The van der Waals surface area contributed by atoms with E-state index in [1.807, 2.05) is 6.92 Å².